The van der Waals surface area contributed by atoms with Crippen LogP contribution in [-0.4, -0.2) is 15.6 Å². The highest BCUT2D eigenvalue weighted by atomic mass is 16.1. The third kappa shape index (κ3) is 0.504. The van der Waals surface area contributed by atoms with E-state index in [4.69, 9.17) is 0 Å². The van der Waals surface area contributed by atoms with Crippen LogP contribution in [0, 0.1) is 0 Å². The predicted octanol–water partition coefficient (Wildman–Crippen LogP) is 0.959. The Bertz CT molecular complexity index is 336. The minimum atomic E-state index is 0.135. The molecule has 1 saturated carbocycles. The highest BCUT2D eigenvalue weighted by molar-refractivity contribution is 5.97. The van der Waals surface area contributed by atoms with Gasteiger partial charge >= 0.3 is 0 Å². The molecule has 1 aromatic heterocycles. The number of carbonyl (C=O) groups excluding carboxylic acids is 1. The summed E-state index contributed by atoms with van der Waals surface area (Å²) in [6.07, 6.45) is 4.67. The topological polar surface area (TPSA) is 34.9 Å². The smallest absolute Gasteiger partial charge is 0.183 e. The van der Waals surface area contributed by atoms with E-state index in [0.717, 1.165) is 18.5 Å². The van der Waals surface area contributed by atoms with Gasteiger partial charge in [0.05, 0.1) is 5.54 Å². The first-order chi connectivity index (χ1) is 5.32. The quantitative estimate of drug-likeness (QED) is 0.549. The normalized spacial score (nSPS) is 24.2. The second kappa shape index (κ2) is 1.40. The maximum atomic E-state index is 11.3. The lowest BCUT2D eigenvalue weighted by Crippen LogP contribution is -2.12. The van der Waals surface area contributed by atoms with Gasteiger partial charge in [0.15, 0.2) is 5.78 Å². The Morgan fingerprint density at radius 3 is 3.09 bits per heavy atom. The van der Waals surface area contributed by atoms with E-state index in [1.807, 2.05) is 10.7 Å². The number of ketones is 1. The largest absolute Gasteiger partial charge is 0.292 e. The summed E-state index contributed by atoms with van der Waals surface area (Å²) in [7, 11) is 0. The molecule has 11 heavy (non-hydrogen) atoms. The van der Waals surface area contributed by atoms with Crippen LogP contribution >= 0.6 is 0 Å². The second-order valence-electron chi connectivity index (χ2n) is 3.45. The van der Waals surface area contributed by atoms with Gasteiger partial charge in [-0.3, -0.25) is 9.48 Å². The molecule has 3 rings (SSSR count). The number of Topliss-reactive ketones (excluding diaryl/α,β-unsaturated/α-hetero) is 1. The Labute approximate surface area is 64.0 Å². The monoisotopic (exact) mass is 148 g/mol. The molecule has 0 unspecified atom stereocenters. The van der Waals surface area contributed by atoms with E-state index in [2.05, 4.69) is 5.10 Å². The number of hydrogen-bond donors (Lipinski definition) is 0. The van der Waals surface area contributed by atoms with Gasteiger partial charge in [0, 0.05) is 12.6 Å². The fraction of sp³-hybridized carbons (Fsp3) is 0.500. The number of carbonyl (C=O) groups is 1. The summed E-state index contributed by atoms with van der Waals surface area (Å²) < 4.78 is 1.91. The zero-order chi connectivity index (χ0) is 7.47. The van der Waals surface area contributed by atoms with Crippen LogP contribution < -0.4 is 0 Å². The van der Waals surface area contributed by atoms with Crippen LogP contribution in [0.4, 0.5) is 0 Å². The molecule has 0 bridgehead atoms. The van der Waals surface area contributed by atoms with Crippen molar-refractivity contribution in [3.63, 3.8) is 0 Å². The van der Waals surface area contributed by atoms with Gasteiger partial charge in [-0.2, -0.15) is 5.10 Å². The molecule has 0 N–H and O–H groups in total. The zero-order valence-corrected chi connectivity index (χ0v) is 6.08. The number of hydrogen-bond acceptors (Lipinski definition) is 2. The van der Waals surface area contributed by atoms with Gasteiger partial charge in [0.25, 0.3) is 0 Å². The Morgan fingerprint density at radius 2 is 2.36 bits per heavy atom. The summed E-state index contributed by atoms with van der Waals surface area (Å²) in [5.41, 5.74) is 0.943. The molecular formula is C8H8N2O. The van der Waals surface area contributed by atoms with Gasteiger partial charge in [-0.05, 0) is 18.9 Å². The van der Waals surface area contributed by atoms with Gasteiger partial charge in [-0.15, -0.1) is 0 Å². The van der Waals surface area contributed by atoms with E-state index < -0.39 is 0 Å². The van der Waals surface area contributed by atoms with Crippen LogP contribution in [0.5, 0.6) is 0 Å². The molecule has 3 nitrogen and oxygen atoms in total. The fourth-order valence-corrected chi connectivity index (χ4v) is 1.89. The average molecular weight is 148 g/mol. The summed E-state index contributed by atoms with van der Waals surface area (Å²) in [4.78, 5) is 11.3. The van der Waals surface area contributed by atoms with Crippen molar-refractivity contribution in [1.29, 1.82) is 0 Å². The molecule has 1 spiro atoms. The van der Waals surface area contributed by atoms with E-state index in [1.165, 1.54) is 0 Å². The minimum absolute atomic E-state index is 0.135. The Morgan fingerprint density at radius 1 is 1.55 bits per heavy atom. The van der Waals surface area contributed by atoms with Crippen molar-refractivity contribution in [2.75, 3.05) is 0 Å². The van der Waals surface area contributed by atoms with E-state index in [-0.39, 0.29) is 11.3 Å². The molecule has 0 atom stereocenters. The lowest BCUT2D eigenvalue weighted by molar-refractivity contribution is 0.0986. The predicted molar refractivity (Wildman–Crippen MR) is 38.4 cm³/mol. The highest BCUT2D eigenvalue weighted by Crippen LogP contribution is 2.50. The number of rotatable bonds is 0. The molecule has 0 radical (unpaired) electrons. The van der Waals surface area contributed by atoms with E-state index in [1.54, 1.807) is 6.20 Å². The van der Waals surface area contributed by atoms with Gasteiger partial charge in [0.1, 0.15) is 5.69 Å². The third-order valence-electron chi connectivity index (χ3n) is 2.69. The molecule has 1 aliphatic heterocycles. The number of nitrogens with zero attached hydrogens (tertiary/aromatic N) is 2. The number of aromatic nitrogens is 2. The van der Waals surface area contributed by atoms with Crippen LogP contribution in [-0.2, 0) is 5.54 Å². The molecule has 1 aliphatic carbocycles. The molecule has 1 fully saturated rings. The van der Waals surface area contributed by atoms with Gasteiger partial charge in [-0.1, -0.05) is 0 Å². The van der Waals surface area contributed by atoms with E-state index in [0.29, 0.717) is 6.42 Å². The third-order valence-corrected chi connectivity index (χ3v) is 2.69. The molecule has 0 amide bonds. The standard InChI is InChI=1S/C8H8N2O/c11-7-5-8(2-3-8)10-6(7)1-4-9-10/h1,4H,2-3,5H2. The van der Waals surface area contributed by atoms with Crippen LogP contribution in [0.15, 0.2) is 12.3 Å². The van der Waals surface area contributed by atoms with Crippen molar-refractivity contribution in [2.24, 2.45) is 0 Å². The lowest BCUT2D eigenvalue weighted by Gasteiger charge is -2.04. The van der Waals surface area contributed by atoms with Crippen LogP contribution in [0.25, 0.3) is 0 Å². The molecule has 2 heterocycles. The molecule has 3 heteroatoms. The molecular weight excluding hydrogens is 140 g/mol. The Hall–Kier alpha value is -1.12. The second-order valence-corrected chi connectivity index (χ2v) is 3.45. The summed E-state index contributed by atoms with van der Waals surface area (Å²) in [6.45, 7) is 0. The molecule has 56 valence electrons. The maximum absolute atomic E-state index is 11.3. The SMILES string of the molecule is O=C1CC2(CC2)n2nccc21. The highest BCUT2D eigenvalue weighted by Gasteiger charge is 2.52. The van der Waals surface area contributed by atoms with Crippen molar-refractivity contribution in [2.45, 2.75) is 24.8 Å². The van der Waals surface area contributed by atoms with Crippen molar-refractivity contribution in [1.82, 2.24) is 9.78 Å². The Kier molecular flexibility index (Phi) is 0.700. The summed E-state index contributed by atoms with van der Waals surface area (Å²) in [6, 6.07) is 1.81. The van der Waals surface area contributed by atoms with Crippen LogP contribution in [0.1, 0.15) is 29.8 Å². The van der Waals surface area contributed by atoms with Crippen molar-refractivity contribution in [3.05, 3.63) is 18.0 Å². The van der Waals surface area contributed by atoms with Gasteiger partial charge in [0.2, 0.25) is 0 Å². The van der Waals surface area contributed by atoms with Gasteiger partial charge in [-0.25, -0.2) is 0 Å². The van der Waals surface area contributed by atoms with Crippen LogP contribution in [0.2, 0.25) is 0 Å². The first-order valence-corrected chi connectivity index (χ1v) is 3.90. The average Bonchev–Trinajstić information content (AvgIpc) is 2.52. The summed E-state index contributed by atoms with van der Waals surface area (Å²) in [5.74, 6) is 0.264. The molecule has 0 aromatic carbocycles. The maximum Gasteiger partial charge on any atom is 0.183 e. The van der Waals surface area contributed by atoms with Gasteiger partial charge < -0.3 is 0 Å². The first kappa shape index (κ1) is 5.52. The summed E-state index contributed by atoms with van der Waals surface area (Å²) >= 11 is 0. The van der Waals surface area contributed by atoms with Crippen LogP contribution in [0.3, 0.4) is 0 Å². The van der Waals surface area contributed by atoms with Crippen molar-refractivity contribution < 1.29 is 4.79 Å². The minimum Gasteiger partial charge on any atom is -0.292 e. The first-order valence-electron chi connectivity index (χ1n) is 3.90. The fourth-order valence-electron chi connectivity index (χ4n) is 1.89. The number of fused-ring (bicyclic) bond motifs is 2. The zero-order valence-electron chi connectivity index (χ0n) is 6.08. The van der Waals surface area contributed by atoms with Crippen molar-refractivity contribution in [3.8, 4) is 0 Å². The summed E-state index contributed by atoms with van der Waals surface area (Å²) in [5, 5.41) is 4.16. The molecule has 2 aliphatic rings. The molecule has 1 aromatic rings. The van der Waals surface area contributed by atoms with E-state index >= 15 is 0 Å². The van der Waals surface area contributed by atoms with E-state index in [9.17, 15) is 4.79 Å². The Balaban J connectivity index is 2.28. The lowest BCUT2D eigenvalue weighted by atomic mass is 10.2. The molecule has 0 saturated heterocycles. The van der Waals surface area contributed by atoms with Crippen molar-refractivity contribution >= 4 is 5.78 Å².